The molecule has 0 saturated heterocycles. The molecule has 1 aromatic rings. The topological polar surface area (TPSA) is 35.2 Å². The summed E-state index contributed by atoms with van der Waals surface area (Å²) in [6, 6.07) is 4.64. The Bertz CT molecular complexity index is 366. The highest BCUT2D eigenvalue weighted by Crippen LogP contribution is 2.21. The summed E-state index contributed by atoms with van der Waals surface area (Å²) in [6.45, 7) is 7.75. The van der Waals surface area contributed by atoms with Crippen LogP contribution in [0.15, 0.2) is 18.2 Å². The Labute approximate surface area is 109 Å². The second-order valence-electron chi connectivity index (χ2n) is 5.34. The quantitative estimate of drug-likeness (QED) is 0.808. The van der Waals surface area contributed by atoms with E-state index in [1.54, 1.807) is 6.07 Å². The van der Waals surface area contributed by atoms with E-state index in [9.17, 15) is 4.39 Å². The van der Waals surface area contributed by atoms with Crippen LogP contribution in [0, 0.1) is 17.7 Å². The molecule has 0 aliphatic rings. The van der Waals surface area contributed by atoms with Crippen LogP contribution in [0.3, 0.4) is 0 Å². The summed E-state index contributed by atoms with van der Waals surface area (Å²) in [6.07, 6.45) is 1.78. The van der Waals surface area contributed by atoms with Gasteiger partial charge in [0.2, 0.25) is 0 Å². The van der Waals surface area contributed by atoms with Gasteiger partial charge in [-0.1, -0.05) is 20.8 Å². The molecule has 18 heavy (non-hydrogen) atoms. The first-order chi connectivity index (χ1) is 8.52. The number of nitrogens with two attached hydrogens (primary N) is 1. The lowest BCUT2D eigenvalue weighted by atomic mass is 10.00. The van der Waals surface area contributed by atoms with E-state index >= 15 is 0 Å². The summed E-state index contributed by atoms with van der Waals surface area (Å²) in [4.78, 5) is 0. The monoisotopic (exact) mass is 253 g/mol. The van der Waals surface area contributed by atoms with Gasteiger partial charge in [-0.05, 0) is 55.0 Å². The van der Waals surface area contributed by atoms with Crippen molar-refractivity contribution in [2.24, 2.45) is 17.6 Å². The van der Waals surface area contributed by atoms with Crippen molar-refractivity contribution in [3.8, 4) is 5.75 Å². The Balaban J connectivity index is 2.60. The van der Waals surface area contributed by atoms with Crippen molar-refractivity contribution >= 4 is 0 Å². The fourth-order valence-corrected chi connectivity index (χ4v) is 2.14. The number of halogens is 1. The van der Waals surface area contributed by atoms with Crippen LogP contribution in [0.1, 0.15) is 32.8 Å². The largest absolute Gasteiger partial charge is 0.493 e. The van der Waals surface area contributed by atoms with Crippen LogP contribution in [0.2, 0.25) is 0 Å². The lowest BCUT2D eigenvalue weighted by molar-refractivity contribution is 0.237. The van der Waals surface area contributed by atoms with E-state index in [1.807, 2.05) is 0 Å². The van der Waals surface area contributed by atoms with E-state index in [0.29, 0.717) is 31.4 Å². The molecule has 0 radical (unpaired) electrons. The van der Waals surface area contributed by atoms with Crippen LogP contribution in [-0.4, -0.2) is 13.2 Å². The molecular formula is C15H24FNO. The zero-order chi connectivity index (χ0) is 13.5. The Hall–Kier alpha value is -1.09. The second kappa shape index (κ2) is 7.37. The van der Waals surface area contributed by atoms with E-state index in [-0.39, 0.29) is 5.82 Å². The van der Waals surface area contributed by atoms with Gasteiger partial charge in [-0.3, -0.25) is 0 Å². The second-order valence-corrected chi connectivity index (χ2v) is 5.34. The Morgan fingerprint density at radius 1 is 1.28 bits per heavy atom. The van der Waals surface area contributed by atoms with Gasteiger partial charge in [-0.2, -0.15) is 0 Å². The van der Waals surface area contributed by atoms with Gasteiger partial charge < -0.3 is 10.5 Å². The van der Waals surface area contributed by atoms with Crippen molar-refractivity contribution in [1.29, 1.82) is 0 Å². The summed E-state index contributed by atoms with van der Waals surface area (Å²) >= 11 is 0. The van der Waals surface area contributed by atoms with Gasteiger partial charge in [0.1, 0.15) is 11.6 Å². The zero-order valence-electron chi connectivity index (χ0n) is 11.6. The molecule has 0 aliphatic carbocycles. The fourth-order valence-electron chi connectivity index (χ4n) is 2.14. The standard InChI is InChI=1S/C15H24FNO/c1-11(2)8-12(3)10-18-15-5-4-14(16)9-13(15)6-7-17/h4-5,9,11-12H,6-8,10,17H2,1-3H3. The number of hydrogen-bond acceptors (Lipinski definition) is 2. The third-order valence-electron chi connectivity index (χ3n) is 2.83. The first-order valence-electron chi connectivity index (χ1n) is 6.64. The highest BCUT2D eigenvalue weighted by Gasteiger charge is 2.09. The lowest BCUT2D eigenvalue weighted by Crippen LogP contribution is -2.13. The van der Waals surface area contributed by atoms with Crippen LogP contribution >= 0.6 is 0 Å². The summed E-state index contributed by atoms with van der Waals surface area (Å²) in [5, 5.41) is 0. The fraction of sp³-hybridized carbons (Fsp3) is 0.600. The van der Waals surface area contributed by atoms with Crippen LogP contribution in [0.5, 0.6) is 5.75 Å². The maximum absolute atomic E-state index is 13.1. The highest BCUT2D eigenvalue weighted by atomic mass is 19.1. The molecule has 0 bridgehead atoms. The van der Waals surface area contributed by atoms with Crippen molar-refractivity contribution in [2.75, 3.05) is 13.2 Å². The third-order valence-corrected chi connectivity index (χ3v) is 2.83. The Morgan fingerprint density at radius 2 is 2.00 bits per heavy atom. The normalized spacial score (nSPS) is 12.8. The molecular weight excluding hydrogens is 229 g/mol. The van der Waals surface area contributed by atoms with Crippen LogP contribution in [-0.2, 0) is 6.42 Å². The molecule has 3 heteroatoms. The summed E-state index contributed by atoms with van der Waals surface area (Å²) in [7, 11) is 0. The minimum atomic E-state index is -0.235. The number of hydrogen-bond donors (Lipinski definition) is 1. The molecule has 1 unspecified atom stereocenters. The van der Waals surface area contributed by atoms with E-state index in [4.69, 9.17) is 10.5 Å². The molecule has 0 aromatic heterocycles. The molecule has 0 spiro atoms. The molecule has 2 N–H and O–H groups in total. The predicted octanol–water partition coefficient (Wildman–Crippen LogP) is 3.39. The zero-order valence-corrected chi connectivity index (χ0v) is 11.6. The smallest absolute Gasteiger partial charge is 0.123 e. The van der Waals surface area contributed by atoms with Crippen LogP contribution in [0.25, 0.3) is 0 Å². The molecule has 1 atom stereocenters. The van der Waals surface area contributed by atoms with E-state index in [2.05, 4.69) is 20.8 Å². The lowest BCUT2D eigenvalue weighted by Gasteiger charge is -2.17. The van der Waals surface area contributed by atoms with Crippen molar-refractivity contribution in [3.63, 3.8) is 0 Å². The summed E-state index contributed by atoms with van der Waals surface area (Å²) in [5.41, 5.74) is 6.38. The van der Waals surface area contributed by atoms with Crippen molar-refractivity contribution in [2.45, 2.75) is 33.6 Å². The Kier molecular flexibility index (Phi) is 6.13. The van der Waals surface area contributed by atoms with E-state index in [0.717, 1.165) is 17.7 Å². The van der Waals surface area contributed by atoms with Crippen molar-refractivity contribution in [3.05, 3.63) is 29.6 Å². The average molecular weight is 253 g/mol. The van der Waals surface area contributed by atoms with Crippen molar-refractivity contribution in [1.82, 2.24) is 0 Å². The maximum Gasteiger partial charge on any atom is 0.123 e. The average Bonchev–Trinajstić information content (AvgIpc) is 2.27. The van der Waals surface area contributed by atoms with E-state index < -0.39 is 0 Å². The van der Waals surface area contributed by atoms with Crippen LogP contribution < -0.4 is 10.5 Å². The Morgan fingerprint density at radius 3 is 2.61 bits per heavy atom. The van der Waals surface area contributed by atoms with Gasteiger partial charge in [0.05, 0.1) is 6.61 Å². The minimum Gasteiger partial charge on any atom is -0.493 e. The molecule has 0 amide bonds. The SMILES string of the molecule is CC(C)CC(C)COc1ccc(F)cc1CCN. The van der Waals surface area contributed by atoms with Crippen LogP contribution in [0.4, 0.5) is 4.39 Å². The number of benzene rings is 1. The van der Waals surface area contributed by atoms with Gasteiger partial charge in [0.25, 0.3) is 0 Å². The highest BCUT2D eigenvalue weighted by molar-refractivity contribution is 5.34. The molecule has 0 fully saturated rings. The molecule has 1 aromatic carbocycles. The number of ether oxygens (including phenoxy) is 1. The van der Waals surface area contributed by atoms with Gasteiger partial charge >= 0.3 is 0 Å². The number of rotatable bonds is 7. The molecule has 102 valence electrons. The molecule has 0 saturated carbocycles. The maximum atomic E-state index is 13.1. The van der Waals surface area contributed by atoms with Gasteiger partial charge in [-0.25, -0.2) is 4.39 Å². The first-order valence-corrected chi connectivity index (χ1v) is 6.64. The minimum absolute atomic E-state index is 0.235. The predicted molar refractivity (Wildman–Crippen MR) is 73.3 cm³/mol. The summed E-state index contributed by atoms with van der Waals surface area (Å²) in [5.74, 6) is 1.69. The third kappa shape index (κ3) is 5.05. The first kappa shape index (κ1) is 15.0. The van der Waals surface area contributed by atoms with Gasteiger partial charge in [-0.15, -0.1) is 0 Å². The van der Waals surface area contributed by atoms with Crippen molar-refractivity contribution < 1.29 is 9.13 Å². The molecule has 0 aliphatic heterocycles. The molecule has 0 heterocycles. The molecule has 1 rings (SSSR count). The summed E-state index contributed by atoms with van der Waals surface area (Å²) < 4.78 is 18.9. The van der Waals surface area contributed by atoms with Gasteiger partial charge in [0.15, 0.2) is 0 Å². The van der Waals surface area contributed by atoms with Gasteiger partial charge in [0, 0.05) is 0 Å². The molecule has 2 nitrogen and oxygen atoms in total. The van der Waals surface area contributed by atoms with E-state index in [1.165, 1.54) is 12.1 Å².